The van der Waals surface area contributed by atoms with Crippen LogP contribution in [0.5, 0.6) is 0 Å². The van der Waals surface area contributed by atoms with Crippen molar-refractivity contribution in [3.05, 3.63) is 37.4 Å². The summed E-state index contributed by atoms with van der Waals surface area (Å²) in [5, 5.41) is 10.4. The summed E-state index contributed by atoms with van der Waals surface area (Å²) in [6.45, 7) is 4.87. The summed E-state index contributed by atoms with van der Waals surface area (Å²) in [6.07, 6.45) is -0.274. The average molecular weight is 407 g/mol. The molecule has 1 saturated heterocycles. The average Bonchev–Trinajstić information content (AvgIpc) is 2.29. The van der Waals surface area contributed by atoms with E-state index in [-0.39, 0.29) is 17.0 Å². The maximum Gasteiger partial charge on any atom is 0.320 e. The lowest BCUT2D eigenvalue weighted by Gasteiger charge is -2.28. The van der Waals surface area contributed by atoms with E-state index in [4.69, 9.17) is 0 Å². The number of cyclic esters (lactones) is 2. The van der Waals surface area contributed by atoms with E-state index in [1.165, 1.54) is 13.8 Å². The van der Waals surface area contributed by atoms with Crippen LogP contribution in [-0.4, -0.2) is 22.6 Å². The van der Waals surface area contributed by atoms with Gasteiger partial charge in [-0.3, -0.25) is 19.7 Å². The van der Waals surface area contributed by atoms with E-state index in [2.05, 4.69) is 9.47 Å². The summed E-state index contributed by atoms with van der Waals surface area (Å²) in [6, 6.07) is 5.17. The van der Waals surface area contributed by atoms with Crippen molar-refractivity contribution in [2.24, 2.45) is 0 Å². The van der Waals surface area contributed by atoms with Crippen LogP contribution in [0.25, 0.3) is 0 Å². The van der Waals surface area contributed by atoms with Crippen molar-refractivity contribution in [2.45, 2.75) is 33.0 Å². The molecule has 1 aliphatic rings. The van der Waals surface area contributed by atoms with Gasteiger partial charge in [0.15, 0.2) is 0 Å². The number of carbonyl (C=O) groups excluding carboxylic acids is 2. The van der Waals surface area contributed by atoms with E-state index in [0.29, 0.717) is 3.57 Å². The predicted octanol–water partition coefficient (Wildman–Crippen LogP) is 2.72. The second-order valence-electron chi connectivity index (χ2n) is 4.74. The van der Waals surface area contributed by atoms with Gasteiger partial charge < -0.3 is 9.47 Å². The number of hydrogen-bond acceptors (Lipinski definition) is 6. The monoisotopic (exact) mass is 407 g/mol. The molecule has 1 aromatic rings. The predicted molar refractivity (Wildman–Crippen MR) is 81.4 cm³/mol. The molecule has 8 heteroatoms. The van der Waals surface area contributed by atoms with Gasteiger partial charge in [0.1, 0.15) is 6.42 Å². The first-order valence-electron chi connectivity index (χ1n) is 5.95. The van der Waals surface area contributed by atoms with Crippen molar-refractivity contribution in [1.82, 2.24) is 0 Å². The minimum absolute atomic E-state index is 0.186. The molecule has 2 rings (SSSR count). The largest absolute Gasteiger partial charge is 0.423 e. The number of benzene rings is 1. The van der Waals surface area contributed by atoms with E-state index >= 15 is 0 Å². The zero-order chi connectivity index (χ0) is 16.2. The van der Waals surface area contributed by atoms with Crippen LogP contribution >= 0.6 is 22.6 Å². The Balaban J connectivity index is 0.000000211. The number of aryl methyl sites for hydroxylation is 1. The SMILES string of the molecule is CC1(C)OC(=O)CC(=O)O1.Cc1ccc(I)c([N+](=O)[O-])c1. The molecule has 7 nitrogen and oxygen atoms in total. The van der Waals surface area contributed by atoms with Gasteiger partial charge in [0, 0.05) is 19.9 Å². The standard InChI is InChI=1S/C7H6INO2.C6H8O4/c1-5-2-3-6(8)7(4-5)9(10)11;1-6(2)9-4(7)3-5(8)10-6/h2-4H,1H3;3H2,1-2H3. The van der Waals surface area contributed by atoms with Gasteiger partial charge in [-0.15, -0.1) is 0 Å². The fraction of sp³-hybridized carbons (Fsp3) is 0.385. The Labute approximate surface area is 134 Å². The number of ether oxygens (including phenoxy) is 2. The molecule has 0 spiro atoms. The van der Waals surface area contributed by atoms with Gasteiger partial charge in [-0.05, 0) is 41.1 Å². The second-order valence-corrected chi connectivity index (χ2v) is 5.90. The number of nitro groups is 1. The molecule has 0 atom stereocenters. The van der Waals surface area contributed by atoms with Crippen LogP contribution in [-0.2, 0) is 19.1 Å². The highest BCUT2D eigenvalue weighted by Crippen LogP contribution is 2.21. The van der Waals surface area contributed by atoms with Crippen molar-refractivity contribution in [1.29, 1.82) is 0 Å². The number of halogens is 1. The molecule has 1 fully saturated rings. The molecule has 0 unspecified atom stereocenters. The molecule has 0 N–H and O–H groups in total. The second kappa shape index (κ2) is 6.83. The molecule has 1 aliphatic heterocycles. The van der Waals surface area contributed by atoms with Crippen molar-refractivity contribution < 1.29 is 24.0 Å². The van der Waals surface area contributed by atoms with Crippen LogP contribution in [0.15, 0.2) is 18.2 Å². The molecule has 0 aromatic heterocycles. The summed E-state index contributed by atoms with van der Waals surface area (Å²) < 4.78 is 10.0. The van der Waals surface area contributed by atoms with Gasteiger partial charge in [0.05, 0.1) is 8.49 Å². The Kier molecular flexibility index (Phi) is 5.64. The van der Waals surface area contributed by atoms with Crippen molar-refractivity contribution >= 4 is 40.2 Å². The smallest absolute Gasteiger partial charge is 0.320 e. The Bertz CT molecular complexity index is 566. The fourth-order valence-electron chi connectivity index (χ4n) is 1.52. The number of nitrogens with zero attached hydrogens (tertiary/aromatic N) is 1. The van der Waals surface area contributed by atoms with Crippen molar-refractivity contribution in [3.8, 4) is 0 Å². The molecule has 0 amide bonds. The van der Waals surface area contributed by atoms with Gasteiger partial charge in [-0.1, -0.05) is 6.07 Å². The maximum atomic E-state index is 10.6. The van der Waals surface area contributed by atoms with Gasteiger partial charge >= 0.3 is 11.9 Å². The number of nitro benzene ring substituents is 1. The molecule has 0 aliphatic carbocycles. The summed E-state index contributed by atoms with van der Waals surface area (Å²) in [5.41, 5.74) is 1.10. The van der Waals surface area contributed by atoms with Crippen LogP contribution in [0.4, 0.5) is 5.69 Å². The van der Waals surface area contributed by atoms with Crippen LogP contribution in [0, 0.1) is 20.6 Å². The highest BCUT2D eigenvalue weighted by molar-refractivity contribution is 14.1. The number of carbonyl (C=O) groups is 2. The zero-order valence-corrected chi connectivity index (χ0v) is 13.9. The first-order chi connectivity index (χ1) is 9.60. The third-order valence-corrected chi connectivity index (χ3v) is 3.22. The van der Waals surface area contributed by atoms with Gasteiger partial charge in [0.2, 0.25) is 0 Å². The van der Waals surface area contributed by atoms with E-state index in [0.717, 1.165) is 5.56 Å². The molecular weight excluding hydrogens is 393 g/mol. The number of rotatable bonds is 1. The maximum absolute atomic E-state index is 10.6. The fourth-order valence-corrected chi connectivity index (χ4v) is 2.05. The third-order valence-electron chi connectivity index (χ3n) is 2.31. The quantitative estimate of drug-likeness (QED) is 0.234. The van der Waals surface area contributed by atoms with E-state index in [9.17, 15) is 19.7 Å². The first kappa shape index (κ1) is 17.3. The van der Waals surface area contributed by atoms with Crippen molar-refractivity contribution in [2.75, 3.05) is 0 Å². The van der Waals surface area contributed by atoms with Crippen molar-refractivity contribution in [3.63, 3.8) is 0 Å². The Morgan fingerprint density at radius 2 is 1.76 bits per heavy atom. The summed E-state index contributed by atoms with van der Waals surface area (Å²) in [5.74, 6) is -2.13. The molecule has 21 heavy (non-hydrogen) atoms. The lowest BCUT2D eigenvalue weighted by atomic mass is 10.2. The summed E-state index contributed by atoms with van der Waals surface area (Å²) >= 11 is 1.95. The Morgan fingerprint density at radius 1 is 1.24 bits per heavy atom. The molecule has 0 bridgehead atoms. The highest BCUT2D eigenvalue weighted by Gasteiger charge is 2.34. The Hall–Kier alpha value is -1.71. The lowest BCUT2D eigenvalue weighted by Crippen LogP contribution is -2.39. The molecule has 0 saturated carbocycles. The number of hydrogen-bond donors (Lipinski definition) is 0. The first-order valence-corrected chi connectivity index (χ1v) is 7.03. The normalized spacial score (nSPS) is 16.2. The van der Waals surface area contributed by atoms with Gasteiger partial charge in [-0.25, -0.2) is 0 Å². The highest BCUT2D eigenvalue weighted by atomic mass is 127. The minimum atomic E-state index is -1.08. The van der Waals surface area contributed by atoms with E-state index < -0.39 is 17.7 Å². The topological polar surface area (TPSA) is 95.7 Å². The summed E-state index contributed by atoms with van der Waals surface area (Å²) in [4.78, 5) is 31.1. The van der Waals surface area contributed by atoms with E-state index in [1.807, 2.05) is 35.6 Å². The van der Waals surface area contributed by atoms with Crippen LogP contribution in [0.3, 0.4) is 0 Å². The zero-order valence-electron chi connectivity index (χ0n) is 11.7. The van der Waals surface area contributed by atoms with E-state index in [1.54, 1.807) is 12.1 Å². The molecule has 114 valence electrons. The molecule has 1 heterocycles. The Morgan fingerprint density at radius 3 is 2.14 bits per heavy atom. The van der Waals surface area contributed by atoms with Crippen LogP contribution in [0.2, 0.25) is 0 Å². The third kappa shape index (κ3) is 5.66. The molecule has 0 radical (unpaired) electrons. The number of esters is 2. The molecular formula is C13H14INO6. The lowest BCUT2D eigenvalue weighted by molar-refractivity contribution is -0.385. The van der Waals surface area contributed by atoms with Crippen LogP contribution in [0.1, 0.15) is 25.8 Å². The van der Waals surface area contributed by atoms with Crippen LogP contribution < -0.4 is 0 Å². The van der Waals surface area contributed by atoms with Gasteiger partial charge in [-0.2, -0.15) is 0 Å². The van der Waals surface area contributed by atoms with Gasteiger partial charge in [0.25, 0.3) is 11.5 Å². The minimum Gasteiger partial charge on any atom is -0.423 e. The molecule has 1 aromatic carbocycles. The summed E-state index contributed by atoms with van der Waals surface area (Å²) in [7, 11) is 0.